The van der Waals surface area contributed by atoms with Gasteiger partial charge in [-0.15, -0.1) is 0 Å². The minimum Gasteiger partial charge on any atom is -0.308 e. The first-order chi connectivity index (χ1) is 7.72. The fourth-order valence-corrected chi connectivity index (χ4v) is 1.42. The Morgan fingerprint density at radius 1 is 1.44 bits per heavy atom. The van der Waals surface area contributed by atoms with Crippen LogP contribution in [-0.2, 0) is 13.5 Å². The molecule has 2 aromatic rings. The van der Waals surface area contributed by atoms with E-state index in [-0.39, 0.29) is 0 Å². The van der Waals surface area contributed by atoms with E-state index in [0.29, 0.717) is 11.6 Å². The molecule has 2 heterocycles. The minimum atomic E-state index is 0.616. The Hall–Kier alpha value is -1.95. The van der Waals surface area contributed by atoms with Crippen molar-refractivity contribution in [3.8, 4) is 11.4 Å². The quantitative estimate of drug-likeness (QED) is 0.586. The van der Waals surface area contributed by atoms with Crippen molar-refractivity contribution in [3.63, 3.8) is 0 Å². The maximum absolute atomic E-state index is 5.36. The molecule has 0 saturated carbocycles. The van der Waals surface area contributed by atoms with Crippen molar-refractivity contribution in [2.24, 2.45) is 12.9 Å². The molecule has 0 saturated heterocycles. The van der Waals surface area contributed by atoms with Gasteiger partial charge in [-0.05, 0) is 6.42 Å². The molecule has 0 bridgehead atoms. The molecule has 0 aliphatic heterocycles. The minimum absolute atomic E-state index is 0.616. The van der Waals surface area contributed by atoms with E-state index in [4.69, 9.17) is 5.84 Å². The first kappa shape index (κ1) is 10.6. The van der Waals surface area contributed by atoms with Crippen LogP contribution in [0.2, 0.25) is 0 Å². The molecule has 84 valence electrons. The summed E-state index contributed by atoms with van der Waals surface area (Å²) in [5, 5.41) is 4.09. The van der Waals surface area contributed by atoms with Crippen LogP contribution < -0.4 is 11.3 Å². The van der Waals surface area contributed by atoms with Crippen LogP contribution in [0.15, 0.2) is 18.5 Å². The Morgan fingerprint density at radius 2 is 2.25 bits per heavy atom. The monoisotopic (exact) mass is 218 g/mol. The molecule has 2 aromatic heterocycles. The zero-order chi connectivity index (χ0) is 11.5. The van der Waals surface area contributed by atoms with E-state index in [1.807, 2.05) is 26.2 Å². The molecule has 16 heavy (non-hydrogen) atoms. The molecule has 0 aliphatic rings. The fraction of sp³-hybridized carbons (Fsp3) is 0.300. The van der Waals surface area contributed by atoms with Crippen LogP contribution in [0.1, 0.15) is 12.6 Å². The average Bonchev–Trinajstić information content (AvgIpc) is 2.75. The maximum Gasteiger partial charge on any atom is 0.164 e. The van der Waals surface area contributed by atoms with Crippen LogP contribution in [0.5, 0.6) is 0 Å². The number of nitrogen functional groups attached to an aromatic ring is 1. The van der Waals surface area contributed by atoms with Gasteiger partial charge in [0, 0.05) is 25.0 Å². The third-order valence-electron chi connectivity index (χ3n) is 2.25. The topological polar surface area (TPSA) is 81.6 Å². The number of aromatic nitrogens is 4. The van der Waals surface area contributed by atoms with Gasteiger partial charge >= 0.3 is 0 Å². The summed E-state index contributed by atoms with van der Waals surface area (Å²) >= 11 is 0. The van der Waals surface area contributed by atoms with Gasteiger partial charge in [0.1, 0.15) is 5.82 Å². The van der Waals surface area contributed by atoms with Crippen molar-refractivity contribution >= 4 is 5.82 Å². The largest absolute Gasteiger partial charge is 0.308 e. The highest BCUT2D eigenvalue weighted by Crippen LogP contribution is 2.16. The Kier molecular flexibility index (Phi) is 2.82. The molecule has 0 aliphatic carbocycles. The van der Waals surface area contributed by atoms with E-state index in [1.54, 1.807) is 10.9 Å². The van der Waals surface area contributed by atoms with Crippen molar-refractivity contribution in [2.45, 2.75) is 13.3 Å². The average molecular weight is 218 g/mol. The highest BCUT2D eigenvalue weighted by molar-refractivity contribution is 5.55. The number of anilines is 1. The first-order valence-corrected chi connectivity index (χ1v) is 5.06. The second kappa shape index (κ2) is 4.28. The van der Waals surface area contributed by atoms with Gasteiger partial charge in [-0.3, -0.25) is 4.68 Å². The van der Waals surface area contributed by atoms with E-state index < -0.39 is 0 Å². The summed E-state index contributed by atoms with van der Waals surface area (Å²) in [4.78, 5) is 8.71. The van der Waals surface area contributed by atoms with Gasteiger partial charge in [0.05, 0.1) is 11.8 Å². The van der Waals surface area contributed by atoms with Crippen molar-refractivity contribution in [1.82, 2.24) is 19.7 Å². The number of nitrogens with one attached hydrogen (secondary N) is 1. The van der Waals surface area contributed by atoms with Gasteiger partial charge in [-0.1, -0.05) is 6.92 Å². The summed E-state index contributed by atoms with van der Waals surface area (Å²) in [6, 6.07) is 1.83. The molecular formula is C10H14N6. The van der Waals surface area contributed by atoms with Gasteiger partial charge < -0.3 is 5.43 Å². The van der Waals surface area contributed by atoms with Crippen LogP contribution >= 0.6 is 0 Å². The van der Waals surface area contributed by atoms with Crippen molar-refractivity contribution < 1.29 is 0 Å². The Bertz CT molecular complexity index is 468. The molecule has 6 heteroatoms. The smallest absolute Gasteiger partial charge is 0.164 e. The van der Waals surface area contributed by atoms with E-state index in [9.17, 15) is 0 Å². The Morgan fingerprint density at radius 3 is 2.81 bits per heavy atom. The van der Waals surface area contributed by atoms with E-state index in [1.165, 1.54) is 0 Å². The lowest BCUT2D eigenvalue weighted by atomic mass is 10.3. The lowest BCUT2D eigenvalue weighted by molar-refractivity contribution is 0.768. The number of hydrogen-bond donors (Lipinski definition) is 2. The SMILES string of the molecule is CCc1cc(NN)nc(-c2cnn(C)c2)n1. The number of hydrogen-bond acceptors (Lipinski definition) is 5. The summed E-state index contributed by atoms with van der Waals surface area (Å²) in [6.45, 7) is 2.04. The third kappa shape index (κ3) is 2.01. The van der Waals surface area contributed by atoms with Crippen LogP contribution in [0, 0.1) is 0 Å². The third-order valence-corrected chi connectivity index (χ3v) is 2.25. The van der Waals surface area contributed by atoms with E-state index >= 15 is 0 Å². The molecular weight excluding hydrogens is 204 g/mol. The highest BCUT2D eigenvalue weighted by atomic mass is 15.3. The summed E-state index contributed by atoms with van der Waals surface area (Å²) in [7, 11) is 1.86. The molecule has 0 radical (unpaired) electrons. The van der Waals surface area contributed by atoms with Crippen molar-refractivity contribution in [2.75, 3.05) is 5.43 Å². The van der Waals surface area contributed by atoms with Crippen LogP contribution in [-0.4, -0.2) is 19.7 Å². The molecule has 0 unspecified atom stereocenters. The van der Waals surface area contributed by atoms with Gasteiger partial charge in [-0.25, -0.2) is 15.8 Å². The van der Waals surface area contributed by atoms with E-state index in [0.717, 1.165) is 17.7 Å². The molecule has 0 atom stereocenters. The molecule has 0 amide bonds. The van der Waals surface area contributed by atoms with Gasteiger partial charge in [0.25, 0.3) is 0 Å². The lowest BCUT2D eigenvalue weighted by Gasteiger charge is -2.04. The van der Waals surface area contributed by atoms with E-state index in [2.05, 4.69) is 20.5 Å². The number of rotatable bonds is 3. The van der Waals surface area contributed by atoms with Gasteiger partial charge in [0.2, 0.25) is 0 Å². The van der Waals surface area contributed by atoms with Gasteiger partial charge in [0.15, 0.2) is 5.82 Å². The molecule has 0 aromatic carbocycles. The number of nitrogens with zero attached hydrogens (tertiary/aromatic N) is 4. The summed E-state index contributed by atoms with van der Waals surface area (Å²) < 4.78 is 1.72. The second-order valence-electron chi connectivity index (χ2n) is 3.47. The molecule has 0 spiro atoms. The molecule has 3 N–H and O–H groups in total. The summed E-state index contributed by atoms with van der Waals surface area (Å²) in [5.41, 5.74) is 4.37. The number of aryl methyl sites for hydroxylation is 2. The zero-order valence-corrected chi connectivity index (χ0v) is 9.31. The summed E-state index contributed by atoms with van der Waals surface area (Å²) in [6.07, 6.45) is 4.44. The number of nitrogens with two attached hydrogens (primary N) is 1. The predicted octanol–water partition coefficient (Wildman–Crippen LogP) is 0.725. The zero-order valence-electron chi connectivity index (χ0n) is 9.31. The van der Waals surface area contributed by atoms with Gasteiger partial charge in [-0.2, -0.15) is 5.10 Å². The highest BCUT2D eigenvalue weighted by Gasteiger charge is 2.07. The maximum atomic E-state index is 5.36. The number of hydrazine groups is 1. The summed E-state index contributed by atoms with van der Waals surface area (Å²) in [5.74, 6) is 6.62. The van der Waals surface area contributed by atoms with Crippen molar-refractivity contribution in [1.29, 1.82) is 0 Å². The van der Waals surface area contributed by atoms with Crippen LogP contribution in [0.3, 0.4) is 0 Å². The normalized spacial score (nSPS) is 10.4. The molecule has 0 fully saturated rings. The van der Waals surface area contributed by atoms with Crippen molar-refractivity contribution in [3.05, 3.63) is 24.2 Å². The molecule has 2 rings (SSSR count). The van der Waals surface area contributed by atoms with Crippen LogP contribution in [0.4, 0.5) is 5.82 Å². The first-order valence-electron chi connectivity index (χ1n) is 5.06. The fourth-order valence-electron chi connectivity index (χ4n) is 1.42. The Labute approximate surface area is 93.5 Å². The Balaban J connectivity index is 2.47. The predicted molar refractivity (Wildman–Crippen MR) is 61.4 cm³/mol. The van der Waals surface area contributed by atoms with Crippen LogP contribution in [0.25, 0.3) is 11.4 Å². The lowest BCUT2D eigenvalue weighted by Crippen LogP contribution is -2.10. The second-order valence-corrected chi connectivity index (χ2v) is 3.47. The standard InChI is InChI=1S/C10H14N6/c1-3-8-4-9(15-11)14-10(13-8)7-5-12-16(2)6-7/h4-6H,3,11H2,1-2H3,(H,13,14,15). The molecule has 6 nitrogen and oxygen atoms in total.